The van der Waals surface area contributed by atoms with Crippen LogP contribution in [0, 0.1) is 6.92 Å². The van der Waals surface area contributed by atoms with E-state index in [1.807, 2.05) is 31.2 Å². The molecule has 0 radical (unpaired) electrons. The minimum atomic E-state index is -0.530. The Labute approximate surface area is 172 Å². The maximum absolute atomic E-state index is 12.6. The molecule has 0 bridgehead atoms. The van der Waals surface area contributed by atoms with Crippen LogP contribution in [0.25, 0.3) is 0 Å². The van der Waals surface area contributed by atoms with E-state index in [1.54, 1.807) is 32.4 Å². The summed E-state index contributed by atoms with van der Waals surface area (Å²) in [5.41, 5.74) is 2.24. The van der Waals surface area contributed by atoms with Gasteiger partial charge in [-0.25, -0.2) is 4.99 Å². The third kappa shape index (κ3) is 4.48. The van der Waals surface area contributed by atoms with Crippen molar-refractivity contribution in [3.63, 3.8) is 0 Å². The second-order valence-corrected chi connectivity index (χ2v) is 7.89. The molecule has 1 atom stereocenters. The van der Waals surface area contributed by atoms with Crippen LogP contribution in [0.2, 0.25) is 5.02 Å². The number of ether oxygens (including phenoxy) is 1. The largest absolute Gasteiger partial charge is 0.494 e. The molecule has 1 heterocycles. The highest BCUT2D eigenvalue weighted by atomic mass is 35.5. The molecule has 28 heavy (non-hydrogen) atoms. The second-order valence-electron chi connectivity index (χ2n) is 6.28. The van der Waals surface area contributed by atoms with Crippen molar-refractivity contribution in [2.75, 3.05) is 19.5 Å². The highest BCUT2D eigenvalue weighted by Gasteiger charge is 2.37. The van der Waals surface area contributed by atoms with Crippen molar-refractivity contribution in [3.8, 4) is 5.75 Å². The Morgan fingerprint density at radius 1 is 1.32 bits per heavy atom. The second kappa shape index (κ2) is 8.67. The lowest BCUT2D eigenvalue weighted by Crippen LogP contribution is -2.30. The van der Waals surface area contributed by atoms with Crippen LogP contribution in [-0.4, -0.2) is 41.3 Å². The number of rotatable bonds is 5. The Bertz CT molecular complexity index is 948. The topological polar surface area (TPSA) is 71.0 Å². The molecule has 3 rings (SSSR count). The number of benzene rings is 2. The predicted octanol–water partition coefficient (Wildman–Crippen LogP) is 4.25. The number of halogens is 1. The molecule has 1 aliphatic heterocycles. The van der Waals surface area contributed by atoms with Crippen LogP contribution in [0.3, 0.4) is 0 Å². The maximum Gasteiger partial charge on any atom is 0.242 e. The molecule has 0 spiro atoms. The van der Waals surface area contributed by atoms with E-state index in [9.17, 15) is 9.59 Å². The Kier molecular flexibility index (Phi) is 6.26. The lowest BCUT2D eigenvalue weighted by atomic mass is 10.2. The highest BCUT2D eigenvalue weighted by Crippen LogP contribution is 2.35. The summed E-state index contributed by atoms with van der Waals surface area (Å²) in [6, 6.07) is 12.6. The lowest BCUT2D eigenvalue weighted by Gasteiger charge is -2.11. The van der Waals surface area contributed by atoms with Gasteiger partial charge in [-0.05, 0) is 36.8 Å². The number of nitrogens with zero attached hydrogens (tertiary/aromatic N) is 2. The SMILES string of the molecule is COc1ccc(Cl)cc1N=C1S[C@H](CC(=O)Nc2ccccc2C)C(=O)N1C. The zero-order chi connectivity index (χ0) is 20.3. The molecule has 6 nitrogen and oxygen atoms in total. The zero-order valence-corrected chi connectivity index (χ0v) is 17.3. The van der Waals surface area contributed by atoms with Crippen LogP contribution >= 0.6 is 23.4 Å². The van der Waals surface area contributed by atoms with Crippen molar-refractivity contribution in [1.29, 1.82) is 0 Å². The summed E-state index contributed by atoms with van der Waals surface area (Å²) in [7, 11) is 3.19. The van der Waals surface area contributed by atoms with Crippen molar-refractivity contribution in [1.82, 2.24) is 4.90 Å². The zero-order valence-electron chi connectivity index (χ0n) is 15.7. The molecule has 0 aliphatic carbocycles. The van der Waals surface area contributed by atoms with Gasteiger partial charge in [0.2, 0.25) is 11.8 Å². The fourth-order valence-corrected chi connectivity index (χ4v) is 4.05. The number of thioether (sulfide) groups is 1. The number of methoxy groups -OCH3 is 1. The highest BCUT2D eigenvalue weighted by molar-refractivity contribution is 8.15. The number of anilines is 1. The molecular formula is C20H20ClN3O3S. The summed E-state index contributed by atoms with van der Waals surface area (Å²) in [6.45, 7) is 1.92. The summed E-state index contributed by atoms with van der Waals surface area (Å²) >= 11 is 7.30. The first kappa shape index (κ1) is 20.2. The number of nitrogens with one attached hydrogen (secondary N) is 1. The average Bonchev–Trinajstić information content (AvgIpc) is 2.92. The maximum atomic E-state index is 12.6. The average molecular weight is 418 g/mol. The summed E-state index contributed by atoms with van der Waals surface area (Å²) in [4.78, 5) is 31.0. The Morgan fingerprint density at radius 3 is 2.79 bits per heavy atom. The minimum absolute atomic E-state index is 0.0634. The van der Waals surface area contributed by atoms with Crippen molar-refractivity contribution in [2.45, 2.75) is 18.6 Å². The number of carbonyl (C=O) groups excluding carboxylic acids is 2. The van der Waals surface area contributed by atoms with Gasteiger partial charge in [0.05, 0.1) is 7.11 Å². The molecule has 2 aromatic rings. The van der Waals surface area contributed by atoms with E-state index in [1.165, 1.54) is 16.7 Å². The summed E-state index contributed by atoms with van der Waals surface area (Å²) < 4.78 is 5.30. The molecule has 1 saturated heterocycles. The molecule has 146 valence electrons. The van der Waals surface area contributed by atoms with Crippen LogP contribution in [0.4, 0.5) is 11.4 Å². The van der Waals surface area contributed by atoms with Gasteiger partial charge < -0.3 is 10.1 Å². The Morgan fingerprint density at radius 2 is 2.07 bits per heavy atom. The van der Waals surface area contributed by atoms with E-state index in [2.05, 4.69) is 10.3 Å². The standard InChI is InChI=1S/C20H20ClN3O3S/c1-12-6-4-5-7-14(12)22-18(25)11-17-19(26)24(2)20(28-17)23-15-10-13(21)8-9-16(15)27-3/h4-10,17H,11H2,1-3H3,(H,22,25)/t17-/m1/s1. The number of aliphatic imine (C=N–C) groups is 1. The first-order valence-electron chi connectivity index (χ1n) is 8.61. The first-order valence-corrected chi connectivity index (χ1v) is 9.86. The molecule has 0 saturated carbocycles. The molecule has 0 unspecified atom stereocenters. The van der Waals surface area contributed by atoms with Gasteiger partial charge in [-0.15, -0.1) is 0 Å². The van der Waals surface area contributed by atoms with E-state index in [-0.39, 0.29) is 18.2 Å². The van der Waals surface area contributed by atoms with E-state index < -0.39 is 5.25 Å². The third-order valence-electron chi connectivity index (χ3n) is 4.29. The van der Waals surface area contributed by atoms with Crippen molar-refractivity contribution >= 4 is 51.7 Å². The van der Waals surface area contributed by atoms with E-state index in [0.29, 0.717) is 21.6 Å². The van der Waals surface area contributed by atoms with Crippen molar-refractivity contribution in [3.05, 3.63) is 53.1 Å². The molecule has 2 amide bonds. The quantitative estimate of drug-likeness (QED) is 0.789. The third-order valence-corrected chi connectivity index (χ3v) is 5.75. The molecule has 2 aromatic carbocycles. The van der Waals surface area contributed by atoms with Crippen LogP contribution < -0.4 is 10.1 Å². The molecule has 0 aromatic heterocycles. The number of carbonyl (C=O) groups is 2. The Balaban J connectivity index is 1.74. The number of amidine groups is 1. The van der Waals surface area contributed by atoms with Gasteiger partial charge in [0.15, 0.2) is 5.17 Å². The van der Waals surface area contributed by atoms with Crippen LogP contribution in [-0.2, 0) is 9.59 Å². The smallest absolute Gasteiger partial charge is 0.242 e. The van der Waals surface area contributed by atoms with Gasteiger partial charge in [-0.1, -0.05) is 41.6 Å². The summed E-state index contributed by atoms with van der Waals surface area (Å²) in [6.07, 6.45) is 0.0634. The van der Waals surface area contributed by atoms with Gasteiger partial charge in [-0.2, -0.15) is 0 Å². The van der Waals surface area contributed by atoms with Crippen LogP contribution in [0.5, 0.6) is 5.75 Å². The number of hydrogen-bond donors (Lipinski definition) is 1. The van der Waals surface area contributed by atoms with Crippen LogP contribution in [0.15, 0.2) is 47.5 Å². The van der Waals surface area contributed by atoms with Gasteiger partial charge >= 0.3 is 0 Å². The normalized spacial score (nSPS) is 17.9. The summed E-state index contributed by atoms with van der Waals surface area (Å²) in [5.74, 6) is 0.180. The molecule has 8 heteroatoms. The molecular weight excluding hydrogens is 398 g/mol. The number of hydrogen-bond acceptors (Lipinski definition) is 5. The van der Waals surface area contributed by atoms with Gasteiger partial charge in [-0.3, -0.25) is 14.5 Å². The van der Waals surface area contributed by atoms with E-state index >= 15 is 0 Å². The molecule has 1 aliphatic rings. The van der Waals surface area contributed by atoms with E-state index in [0.717, 1.165) is 11.3 Å². The Hall–Kier alpha value is -2.51. The monoisotopic (exact) mass is 417 g/mol. The van der Waals surface area contributed by atoms with Gasteiger partial charge in [0, 0.05) is 24.2 Å². The van der Waals surface area contributed by atoms with Crippen molar-refractivity contribution in [2.24, 2.45) is 4.99 Å². The minimum Gasteiger partial charge on any atom is -0.494 e. The van der Waals surface area contributed by atoms with Crippen molar-refractivity contribution < 1.29 is 14.3 Å². The lowest BCUT2D eigenvalue weighted by molar-refractivity contribution is -0.127. The summed E-state index contributed by atoms with van der Waals surface area (Å²) in [5, 5.41) is 3.35. The molecule has 1 N–H and O–H groups in total. The van der Waals surface area contributed by atoms with E-state index in [4.69, 9.17) is 16.3 Å². The number of amides is 2. The number of aryl methyl sites for hydroxylation is 1. The molecule has 1 fully saturated rings. The van der Waals surface area contributed by atoms with Gasteiger partial charge in [0.25, 0.3) is 0 Å². The fourth-order valence-electron chi connectivity index (χ4n) is 2.73. The fraction of sp³-hybridized carbons (Fsp3) is 0.250. The predicted molar refractivity (Wildman–Crippen MR) is 114 cm³/mol. The van der Waals surface area contributed by atoms with Gasteiger partial charge in [0.1, 0.15) is 16.7 Å². The number of para-hydroxylation sites is 1. The van der Waals surface area contributed by atoms with Crippen LogP contribution in [0.1, 0.15) is 12.0 Å². The first-order chi connectivity index (χ1) is 13.4.